The molecule has 1 aromatic carbocycles. The smallest absolute Gasteiger partial charge is 0.0494 e. The van der Waals surface area contributed by atoms with Crippen LogP contribution in [0.15, 0.2) is 24.3 Å². The van der Waals surface area contributed by atoms with Gasteiger partial charge in [0.1, 0.15) is 0 Å². The quantitative estimate of drug-likeness (QED) is 0.709. The number of anilines is 1. The lowest BCUT2D eigenvalue weighted by Crippen LogP contribution is -2.46. The van der Waals surface area contributed by atoms with Crippen LogP contribution in [0.4, 0.5) is 5.69 Å². The fourth-order valence-electron chi connectivity index (χ4n) is 2.94. The molecule has 2 heteroatoms. The number of halogens is 1. The van der Waals surface area contributed by atoms with Crippen molar-refractivity contribution in [3.8, 4) is 0 Å². The highest BCUT2D eigenvalue weighted by molar-refractivity contribution is 6.17. The average Bonchev–Trinajstić information content (AvgIpc) is 2.33. The van der Waals surface area contributed by atoms with Crippen LogP contribution >= 0.6 is 11.6 Å². The van der Waals surface area contributed by atoms with Crippen molar-refractivity contribution < 1.29 is 0 Å². The summed E-state index contributed by atoms with van der Waals surface area (Å²) in [5, 5.41) is 0. The van der Waals surface area contributed by atoms with Crippen LogP contribution in [0.25, 0.3) is 0 Å². The number of rotatable bonds is 2. The number of alkyl halides is 1. The highest BCUT2D eigenvalue weighted by atomic mass is 35.5. The van der Waals surface area contributed by atoms with Gasteiger partial charge in [-0.2, -0.15) is 0 Å². The summed E-state index contributed by atoms with van der Waals surface area (Å²) in [4.78, 5) is 2.54. The van der Waals surface area contributed by atoms with Crippen molar-refractivity contribution in [2.45, 2.75) is 39.1 Å². The van der Waals surface area contributed by atoms with Gasteiger partial charge in [-0.25, -0.2) is 0 Å². The van der Waals surface area contributed by atoms with E-state index in [4.69, 9.17) is 11.6 Å². The number of benzene rings is 1. The highest BCUT2D eigenvalue weighted by Gasteiger charge is 2.29. The summed E-state index contributed by atoms with van der Waals surface area (Å²) in [6.45, 7) is 8.19. The SMILES string of the molecule is CC1CC(C)C(C)N(c2ccccc2CCl)C1. The predicted octanol–water partition coefficient (Wildman–Crippen LogP) is 4.30. The molecule has 0 amide bonds. The Morgan fingerprint density at radius 2 is 1.94 bits per heavy atom. The fourth-order valence-corrected chi connectivity index (χ4v) is 3.16. The van der Waals surface area contributed by atoms with Crippen LogP contribution in [0, 0.1) is 11.8 Å². The van der Waals surface area contributed by atoms with E-state index in [0.29, 0.717) is 11.9 Å². The van der Waals surface area contributed by atoms with Gasteiger partial charge in [0.15, 0.2) is 0 Å². The Morgan fingerprint density at radius 1 is 1.24 bits per heavy atom. The van der Waals surface area contributed by atoms with E-state index in [1.807, 2.05) is 0 Å². The van der Waals surface area contributed by atoms with Gasteiger partial charge in [0.2, 0.25) is 0 Å². The summed E-state index contributed by atoms with van der Waals surface area (Å²) in [5.74, 6) is 2.12. The van der Waals surface area contributed by atoms with Gasteiger partial charge < -0.3 is 4.90 Å². The van der Waals surface area contributed by atoms with E-state index in [-0.39, 0.29) is 0 Å². The Kier molecular flexibility index (Phi) is 3.98. The van der Waals surface area contributed by atoms with Crippen LogP contribution in [0.1, 0.15) is 32.8 Å². The Balaban J connectivity index is 2.31. The zero-order valence-electron chi connectivity index (χ0n) is 11.0. The first-order valence-corrected chi connectivity index (χ1v) is 7.07. The summed E-state index contributed by atoms with van der Waals surface area (Å²) < 4.78 is 0. The van der Waals surface area contributed by atoms with Gasteiger partial charge in [0.05, 0.1) is 0 Å². The molecule has 0 radical (unpaired) electrons. The van der Waals surface area contributed by atoms with Crippen molar-refractivity contribution in [2.24, 2.45) is 11.8 Å². The molecule has 0 aliphatic carbocycles. The predicted molar refractivity (Wildman–Crippen MR) is 75.8 cm³/mol. The minimum absolute atomic E-state index is 0.599. The molecule has 3 atom stereocenters. The molecule has 1 nitrogen and oxygen atoms in total. The molecular formula is C15H22ClN. The third kappa shape index (κ3) is 2.60. The van der Waals surface area contributed by atoms with Crippen molar-refractivity contribution in [1.29, 1.82) is 0 Å². The van der Waals surface area contributed by atoms with Gasteiger partial charge in [0.25, 0.3) is 0 Å². The fraction of sp³-hybridized carbons (Fsp3) is 0.600. The first-order chi connectivity index (χ1) is 8.13. The van der Waals surface area contributed by atoms with Gasteiger partial charge in [-0.15, -0.1) is 11.6 Å². The molecule has 1 fully saturated rings. The third-order valence-corrected chi connectivity index (χ3v) is 4.33. The Bertz CT molecular complexity index is 377. The number of para-hydroxylation sites is 1. The van der Waals surface area contributed by atoms with Crippen molar-refractivity contribution >= 4 is 17.3 Å². The number of nitrogens with zero attached hydrogens (tertiary/aromatic N) is 1. The largest absolute Gasteiger partial charge is 0.368 e. The molecule has 1 aliphatic heterocycles. The zero-order valence-corrected chi connectivity index (χ0v) is 11.7. The van der Waals surface area contributed by atoms with E-state index >= 15 is 0 Å². The molecule has 94 valence electrons. The second kappa shape index (κ2) is 5.30. The van der Waals surface area contributed by atoms with Crippen LogP contribution in [0.3, 0.4) is 0 Å². The summed E-state index contributed by atoms with van der Waals surface area (Å²) >= 11 is 6.05. The first kappa shape index (κ1) is 12.8. The second-order valence-electron chi connectivity index (χ2n) is 5.47. The maximum absolute atomic E-state index is 6.05. The highest BCUT2D eigenvalue weighted by Crippen LogP contribution is 2.33. The van der Waals surface area contributed by atoms with Crippen LogP contribution < -0.4 is 4.90 Å². The standard InChI is InChI=1S/C15H22ClN/c1-11-8-12(2)13(3)17(10-11)15-7-5-4-6-14(15)9-16/h4-7,11-13H,8-10H2,1-3H3. The summed E-state index contributed by atoms with van der Waals surface area (Å²) in [7, 11) is 0. The van der Waals surface area contributed by atoms with Crippen LogP contribution in [-0.4, -0.2) is 12.6 Å². The molecule has 2 rings (SSSR count). The molecular weight excluding hydrogens is 230 g/mol. The topological polar surface area (TPSA) is 3.24 Å². The molecule has 0 spiro atoms. The van der Waals surface area contributed by atoms with E-state index in [1.165, 1.54) is 17.7 Å². The molecule has 1 aromatic rings. The van der Waals surface area contributed by atoms with E-state index < -0.39 is 0 Å². The lowest BCUT2D eigenvalue weighted by molar-refractivity contribution is 0.297. The number of hydrogen-bond donors (Lipinski definition) is 0. The van der Waals surface area contributed by atoms with Crippen LogP contribution in [0.2, 0.25) is 0 Å². The molecule has 0 aromatic heterocycles. The van der Waals surface area contributed by atoms with Crippen molar-refractivity contribution in [2.75, 3.05) is 11.4 Å². The molecule has 3 unspecified atom stereocenters. The minimum atomic E-state index is 0.599. The molecule has 1 aliphatic rings. The Labute approximate surface area is 110 Å². The van der Waals surface area contributed by atoms with Gasteiger partial charge in [-0.1, -0.05) is 32.0 Å². The third-order valence-electron chi connectivity index (χ3n) is 4.04. The van der Waals surface area contributed by atoms with E-state index in [2.05, 4.69) is 49.9 Å². The molecule has 1 saturated heterocycles. The molecule has 1 heterocycles. The molecule has 0 N–H and O–H groups in total. The van der Waals surface area contributed by atoms with Crippen LogP contribution in [0.5, 0.6) is 0 Å². The van der Waals surface area contributed by atoms with Crippen LogP contribution in [-0.2, 0) is 5.88 Å². The zero-order chi connectivity index (χ0) is 12.4. The average molecular weight is 252 g/mol. The maximum atomic E-state index is 6.05. The van der Waals surface area contributed by atoms with Gasteiger partial charge in [-0.3, -0.25) is 0 Å². The molecule has 0 bridgehead atoms. The van der Waals surface area contributed by atoms with E-state index in [9.17, 15) is 0 Å². The van der Waals surface area contributed by atoms with Crippen molar-refractivity contribution in [3.63, 3.8) is 0 Å². The maximum Gasteiger partial charge on any atom is 0.0494 e. The molecule has 0 saturated carbocycles. The van der Waals surface area contributed by atoms with E-state index in [0.717, 1.165) is 18.4 Å². The summed E-state index contributed by atoms with van der Waals surface area (Å²) in [6.07, 6.45) is 1.33. The lowest BCUT2D eigenvalue weighted by Gasteiger charge is -2.43. The minimum Gasteiger partial charge on any atom is -0.368 e. The first-order valence-electron chi connectivity index (χ1n) is 6.54. The monoisotopic (exact) mass is 251 g/mol. The van der Waals surface area contributed by atoms with Crippen molar-refractivity contribution in [1.82, 2.24) is 0 Å². The normalized spacial score (nSPS) is 29.4. The number of hydrogen-bond acceptors (Lipinski definition) is 1. The van der Waals surface area contributed by atoms with Gasteiger partial charge >= 0.3 is 0 Å². The Hall–Kier alpha value is -0.690. The Morgan fingerprint density at radius 3 is 2.65 bits per heavy atom. The summed E-state index contributed by atoms with van der Waals surface area (Å²) in [6, 6.07) is 9.14. The second-order valence-corrected chi connectivity index (χ2v) is 5.74. The van der Waals surface area contributed by atoms with Gasteiger partial charge in [0, 0.05) is 24.2 Å². The van der Waals surface area contributed by atoms with E-state index in [1.54, 1.807) is 0 Å². The van der Waals surface area contributed by atoms with Crippen molar-refractivity contribution in [3.05, 3.63) is 29.8 Å². The summed E-state index contributed by atoms with van der Waals surface area (Å²) in [5.41, 5.74) is 2.58. The van der Waals surface area contributed by atoms with Gasteiger partial charge in [-0.05, 0) is 36.8 Å². The molecule has 17 heavy (non-hydrogen) atoms. The number of piperidine rings is 1. The lowest BCUT2D eigenvalue weighted by atomic mass is 9.85.